The summed E-state index contributed by atoms with van der Waals surface area (Å²) in [6, 6.07) is 15.7. The summed E-state index contributed by atoms with van der Waals surface area (Å²) in [5.41, 5.74) is 2.43. The fraction of sp³-hybridized carbons (Fsp3) is 0.250. The van der Waals surface area contributed by atoms with Crippen LogP contribution in [0.4, 0.5) is 0 Å². The van der Waals surface area contributed by atoms with Gasteiger partial charge >= 0.3 is 0 Å². The van der Waals surface area contributed by atoms with Crippen molar-refractivity contribution in [3.8, 4) is 5.69 Å². The van der Waals surface area contributed by atoms with E-state index in [9.17, 15) is 13.2 Å². The first-order chi connectivity index (χ1) is 13.2. The molecule has 8 heteroatoms. The van der Waals surface area contributed by atoms with E-state index in [0.29, 0.717) is 5.69 Å². The fourth-order valence-corrected chi connectivity index (χ4v) is 3.44. The van der Waals surface area contributed by atoms with Crippen LogP contribution in [-0.2, 0) is 9.84 Å². The van der Waals surface area contributed by atoms with Crippen LogP contribution in [-0.4, -0.2) is 47.5 Å². The Balaban J connectivity index is 1.83. The zero-order valence-corrected chi connectivity index (χ0v) is 17.0. The summed E-state index contributed by atoms with van der Waals surface area (Å²) in [5.74, 6) is -0.251. The van der Waals surface area contributed by atoms with Crippen LogP contribution in [0.1, 0.15) is 34.7 Å². The minimum atomic E-state index is -3.26. The van der Waals surface area contributed by atoms with Crippen molar-refractivity contribution in [2.45, 2.75) is 24.8 Å². The molecule has 0 fully saturated rings. The number of nitrogens with zero attached hydrogens (tertiary/aromatic N) is 4. The molecular formula is C20H22N4O3S. The summed E-state index contributed by atoms with van der Waals surface area (Å²) in [5, 5.41) is 8.70. The smallest absolute Gasteiger partial charge is 0.276 e. The quantitative estimate of drug-likeness (QED) is 0.660. The second kappa shape index (κ2) is 7.55. The van der Waals surface area contributed by atoms with Crippen LogP contribution in [0.3, 0.4) is 0 Å². The van der Waals surface area contributed by atoms with E-state index in [2.05, 4.69) is 10.2 Å². The Hall–Kier alpha value is -3.00. The molecule has 0 aliphatic carbocycles. The van der Waals surface area contributed by atoms with Gasteiger partial charge in [0.25, 0.3) is 5.91 Å². The normalized spacial score (nSPS) is 12.6. The van der Waals surface area contributed by atoms with Gasteiger partial charge in [-0.15, -0.1) is 5.10 Å². The molecule has 0 spiro atoms. The lowest BCUT2D eigenvalue weighted by Gasteiger charge is -2.24. The van der Waals surface area contributed by atoms with E-state index in [1.54, 1.807) is 43.1 Å². The van der Waals surface area contributed by atoms with Gasteiger partial charge in [-0.2, -0.15) is 9.90 Å². The molecule has 146 valence electrons. The van der Waals surface area contributed by atoms with Crippen molar-refractivity contribution >= 4 is 15.7 Å². The Bertz CT molecular complexity index is 1090. The van der Waals surface area contributed by atoms with Gasteiger partial charge in [-0.3, -0.25) is 4.79 Å². The molecule has 0 radical (unpaired) electrons. The number of sulfone groups is 1. The number of rotatable bonds is 5. The Morgan fingerprint density at radius 3 is 2.21 bits per heavy atom. The fourth-order valence-electron chi connectivity index (χ4n) is 2.81. The predicted octanol–water partition coefficient (Wildman–Crippen LogP) is 2.81. The Morgan fingerprint density at radius 1 is 1.04 bits per heavy atom. The maximum atomic E-state index is 13.0. The van der Waals surface area contributed by atoms with Crippen molar-refractivity contribution in [2.24, 2.45) is 0 Å². The number of aryl methyl sites for hydroxylation is 1. The SMILES string of the molecule is Cc1nn(-c2ccccc2)nc1C(=O)N(C)[C@H](C)c1ccc(S(C)(=O)=O)cc1. The van der Waals surface area contributed by atoms with Gasteiger partial charge in [-0.25, -0.2) is 8.42 Å². The van der Waals surface area contributed by atoms with Gasteiger partial charge in [-0.1, -0.05) is 30.3 Å². The first-order valence-electron chi connectivity index (χ1n) is 8.75. The van der Waals surface area contributed by atoms with E-state index in [1.165, 1.54) is 11.1 Å². The van der Waals surface area contributed by atoms with Gasteiger partial charge in [0.2, 0.25) is 0 Å². The average Bonchev–Trinajstić information content (AvgIpc) is 3.08. The molecule has 0 bridgehead atoms. The minimum absolute atomic E-state index is 0.249. The zero-order chi connectivity index (χ0) is 20.5. The first-order valence-corrected chi connectivity index (χ1v) is 10.6. The van der Waals surface area contributed by atoms with Crippen LogP contribution in [0.5, 0.6) is 0 Å². The van der Waals surface area contributed by atoms with Crippen LogP contribution in [0, 0.1) is 6.92 Å². The van der Waals surface area contributed by atoms with E-state index >= 15 is 0 Å². The standard InChI is InChI=1S/C20H22N4O3S/c1-14-19(22-24(21-14)17-8-6-5-7-9-17)20(25)23(3)15(2)16-10-12-18(13-11-16)28(4,26)27/h5-13,15H,1-4H3/t15-/m1/s1. The highest BCUT2D eigenvalue weighted by Gasteiger charge is 2.24. The largest absolute Gasteiger partial charge is 0.333 e. The Labute approximate surface area is 164 Å². The van der Waals surface area contributed by atoms with Crippen LogP contribution < -0.4 is 0 Å². The van der Waals surface area contributed by atoms with E-state index in [-0.39, 0.29) is 22.5 Å². The van der Waals surface area contributed by atoms with Gasteiger partial charge in [0.15, 0.2) is 15.5 Å². The third-order valence-corrected chi connectivity index (χ3v) is 5.79. The highest BCUT2D eigenvalue weighted by molar-refractivity contribution is 7.90. The van der Waals surface area contributed by atoms with Crippen molar-refractivity contribution in [1.29, 1.82) is 0 Å². The highest BCUT2D eigenvalue weighted by atomic mass is 32.2. The maximum Gasteiger partial charge on any atom is 0.276 e. The number of hydrogen-bond donors (Lipinski definition) is 0. The van der Waals surface area contributed by atoms with Crippen molar-refractivity contribution in [1.82, 2.24) is 19.9 Å². The molecule has 0 unspecified atom stereocenters. The molecule has 3 aromatic rings. The lowest BCUT2D eigenvalue weighted by atomic mass is 10.1. The molecule has 0 N–H and O–H groups in total. The molecule has 3 rings (SSSR count). The summed E-state index contributed by atoms with van der Waals surface area (Å²) in [7, 11) is -1.56. The summed E-state index contributed by atoms with van der Waals surface area (Å²) < 4.78 is 23.2. The molecule has 28 heavy (non-hydrogen) atoms. The number of benzene rings is 2. The first kappa shape index (κ1) is 19.8. The molecule has 0 saturated heterocycles. The monoisotopic (exact) mass is 398 g/mol. The van der Waals surface area contributed by atoms with Gasteiger partial charge in [-0.05, 0) is 43.7 Å². The molecule has 7 nitrogen and oxygen atoms in total. The van der Waals surface area contributed by atoms with Gasteiger partial charge in [0, 0.05) is 13.3 Å². The third kappa shape index (κ3) is 3.96. The number of carbonyl (C=O) groups is 1. The summed E-state index contributed by atoms with van der Waals surface area (Å²) in [6.45, 7) is 3.63. The second-order valence-electron chi connectivity index (χ2n) is 6.69. The number of hydrogen-bond acceptors (Lipinski definition) is 5. The van der Waals surface area contributed by atoms with E-state index in [1.807, 2.05) is 37.3 Å². The van der Waals surface area contributed by atoms with E-state index < -0.39 is 9.84 Å². The van der Waals surface area contributed by atoms with Crippen molar-refractivity contribution < 1.29 is 13.2 Å². The van der Waals surface area contributed by atoms with Crippen LogP contribution in [0.2, 0.25) is 0 Å². The number of amides is 1. The van der Waals surface area contributed by atoms with E-state index in [0.717, 1.165) is 11.3 Å². The van der Waals surface area contributed by atoms with Gasteiger partial charge in [0.05, 0.1) is 22.3 Å². The van der Waals surface area contributed by atoms with Crippen molar-refractivity contribution in [3.05, 3.63) is 71.5 Å². The van der Waals surface area contributed by atoms with Gasteiger partial charge in [0.1, 0.15) is 0 Å². The minimum Gasteiger partial charge on any atom is -0.333 e. The predicted molar refractivity (Wildman–Crippen MR) is 106 cm³/mol. The summed E-state index contributed by atoms with van der Waals surface area (Å²) in [4.78, 5) is 16.2. The van der Waals surface area contributed by atoms with E-state index in [4.69, 9.17) is 0 Å². The lowest BCUT2D eigenvalue weighted by molar-refractivity contribution is 0.0735. The Morgan fingerprint density at radius 2 is 1.64 bits per heavy atom. The van der Waals surface area contributed by atoms with Crippen molar-refractivity contribution in [3.63, 3.8) is 0 Å². The number of para-hydroxylation sites is 1. The zero-order valence-electron chi connectivity index (χ0n) is 16.2. The molecule has 0 aliphatic rings. The van der Waals surface area contributed by atoms with Gasteiger partial charge < -0.3 is 4.90 Å². The molecule has 0 saturated carbocycles. The molecule has 1 atom stereocenters. The molecule has 0 aliphatic heterocycles. The molecular weight excluding hydrogens is 376 g/mol. The van der Waals surface area contributed by atoms with Crippen LogP contribution in [0.15, 0.2) is 59.5 Å². The number of carbonyl (C=O) groups excluding carboxylic acids is 1. The second-order valence-corrected chi connectivity index (χ2v) is 8.71. The lowest BCUT2D eigenvalue weighted by Crippen LogP contribution is -2.30. The molecule has 1 amide bonds. The van der Waals surface area contributed by atoms with Crippen molar-refractivity contribution in [2.75, 3.05) is 13.3 Å². The highest BCUT2D eigenvalue weighted by Crippen LogP contribution is 2.23. The maximum absolute atomic E-state index is 13.0. The number of aromatic nitrogens is 3. The Kier molecular flexibility index (Phi) is 5.33. The summed E-state index contributed by atoms with van der Waals surface area (Å²) >= 11 is 0. The van der Waals surface area contributed by atoms with Crippen LogP contribution >= 0.6 is 0 Å². The molecule has 1 heterocycles. The molecule has 1 aromatic heterocycles. The third-order valence-electron chi connectivity index (χ3n) is 4.66. The average molecular weight is 398 g/mol. The summed E-state index contributed by atoms with van der Waals surface area (Å²) in [6.07, 6.45) is 1.17. The van der Waals surface area contributed by atoms with Crippen LogP contribution in [0.25, 0.3) is 5.69 Å². The molecule has 2 aromatic carbocycles. The topological polar surface area (TPSA) is 85.2 Å².